The number of amides is 2. The van der Waals surface area contributed by atoms with Gasteiger partial charge in [0, 0.05) is 5.41 Å². The predicted octanol–water partition coefficient (Wildman–Crippen LogP) is -0.0545. The van der Waals surface area contributed by atoms with E-state index in [1.165, 1.54) is 6.08 Å². The number of nitrogens with one attached hydrogen (secondary N) is 1. The summed E-state index contributed by atoms with van der Waals surface area (Å²) in [5.74, 6) is -1.24. The molecule has 2 rings (SSSR count). The van der Waals surface area contributed by atoms with Gasteiger partial charge in [-0.05, 0) is 11.6 Å². The van der Waals surface area contributed by atoms with Gasteiger partial charge < -0.3 is 0 Å². The van der Waals surface area contributed by atoms with Crippen molar-refractivity contribution in [3.8, 4) is 0 Å². The van der Waals surface area contributed by atoms with Gasteiger partial charge in [0.15, 0.2) is 0 Å². The lowest BCUT2D eigenvalue weighted by Crippen LogP contribution is -2.52. The van der Waals surface area contributed by atoms with Gasteiger partial charge in [0.25, 0.3) is 0 Å². The molecule has 1 heterocycles. The van der Waals surface area contributed by atoms with Crippen LogP contribution in [0.15, 0.2) is 35.7 Å². The Balaban J connectivity index is 2.16. The zero-order valence-electron chi connectivity index (χ0n) is 9.94. The van der Waals surface area contributed by atoms with Gasteiger partial charge in [-0.1, -0.05) is 30.3 Å². The minimum Gasteiger partial charge on any atom is -0.294 e. The molecule has 0 aliphatic carbocycles. The van der Waals surface area contributed by atoms with Crippen molar-refractivity contribution in [2.45, 2.75) is 0 Å². The molecule has 7 heteroatoms. The number of sulfonamides is 1. The van der Waals surface area contributed by atoms with Crippen molar-refractivity contribution in [1.29, 1.82) is 0 Å². The second-order valence-electron chi connectivity index (χ2n) is 4.00. The van der Waals surface area contributed by atoms with Gasteiger partial charge in [0.05, 0.1) is 13.1 Å². The lowest BCUT2D eigenvalue weighted by Gasteiger charge is -2.23. The van der Waals surface area contributed by atoms with Crippen LogP contribution in [0.2, 0.25) is 0 Å². The average Bonchev–Trinajstić information content (AvgIpc) is 2.37. The third-order valence-electron chi connectivity index (χ3n) is 2.51. The summed E-state index contributed by atoms with van der Waals surface area (Å²) in [5.41, 5.74) is 0.721. The van der Waals surface area contributed by atoms with E-state index in [0.717, 1.165) is 15.3 Å². The first-order valence-electron chi connectivity index (χ1n) is 5.53. The Morgan fingerprint density at radius 1 is 1.05 bits per heavy atom. The summed E-state index contributed by atoms with van der Waals surface area (Å²) >= 11 is 0. The van der Waals surface area contributed by atoms with Gasteiger partial charge in [-0.15, -0.1) is 0 Å². The second-order valence-corrected chi connectivity index (χ2v) is 5.82. The van der Waals surface area contributed by atoms with Gasteiger partial charge in [-0.2, -0.15) is 4.31 Å². The molecule has 1 fully saturated rings. The molecule has 19 heavy (non-hydrogen) atoms. The monoisotopic (exact) mass is 280 g/mol. The van der Waals surface area contributed by atoms with Gasteiger partial charge >= 0.3 is 0 Å². The minimum absolute atomic E-state index is 0.340. The number of benzene rings is 1. The Bertz CT molecular complexity index is 606. The molecule has 1 aliphatic heterocycles. The fraction of sp³-hybridized carbons (Fsp3) is 0.167. The normalized spacial score (nSPS) is 17.7. The van der Waals surface area contributed by atoms with Crippen LogP contribution in [0.5, 0.6) is 0 Å². The molecule has 0 radical (unpaired) electrons. The summed E-state index contributed by atoms with van der Waals surface area (Å²) in [7, 11) is -3.78. The number of carbonyl (C=O) groups excluding carboxylic acids is 2. The summed E-state index contributed by atoms with van der Waals surface area (Å²) in [6.45, 7) is -0.680. The molecular weight excluding hydrogens is 268 g/mol. The molecule has 100 valence electrons. The highest BCUT2D eigenvalue weighted by Gasteiger charge is 2.29. The molecule has 1 saturated heterocycles. The third kappa shape index (κ3) is 3.49. The second kappa shape index (κ2) is 5.33. The highest BCUT2D eigenvalue weighted by Crippen LogP contribution is 2.09. The fourth-order valence-electron chi connectivity index (χ4n) is 1.61. The zero-order chi connectivity index (χ0) is 13.9. The van der Waals surface area contributed by atoms with Crippen LogP contribution in [0.25, 0.3) is 6.08 Å². The van der Waals surface area contributed by atoms with Gasteiger partial charge in [0.1, 0.15) is 0 Å². The van der Waals surface area contributed by atoms with E-state index in [9.17, 15) is 18.0 Å². The van der Waals surface area contributed by atoms with Crippen LogP contribution in [-0.4, -0.2) is 37.6 Å². The van der Waals surface area contributed by atoms with Crippen molar-refractivity contribution in [2.24, 2.45) is 0 Å². The Labute approximate surface area is 110 Å². The lowest BCUT2D eigenvalue weighted by molar-refractivity contribution is -0.134. The van der Waals surface area contributed by atoms with Crippen molar-refractivity contribution in [1.82, 2.24) is 9.62 Å². The van der Waals surface area contributed by atoms with E-state index < -0.39 is 21.8 Å². The smallest absolute Gasteiger partial charge is 0.241 e. The molecule has 1 aliphatic rings. The summed E-state index contributed by atoms with van der Waals surface area (Å²) in [6.07, 6.45) is 1.42. The molecule has 1 aromatic carbocycles. The number of carbonyl (C=O) groups is 2. The van der Waals surface area contributed by atoms with Crippen LogP contribution in [0.3, 0.4) is 0 Å². The number of rotatable bonds is 3. The molecule has 0 unspecified atom stereocenters. The summed E-state index contributed by atoms with van der Waals surface area (Å²) in [5, 5.41) is 3.04. The van der Waals surface area contributed by atoms with E-state index >= 15 is 0 Å². The number of hydrogen-bond donors (Lipinski definition) is 1. The van der Waals surface area contributed by atoms with E-state index in [2.05, 4.69) is 0 Å². The molecule has 6 nitrogen and oxygen atoms in total. The minimum atomic E-state index is -3.78. The zero-order valence-corrected chi connectivity index (χ0v) is 10.8. The maximum absolute atomic E-state index is 12.0. The first-order valence-corrected chi connectivity index (χ1v) is 7.04. The number of nitrogens with zero attached hydrogens (tertiary/aromatic N) is 1. The summed E-state index contributed by atoms with van der Waals surface area (Å²) < 4.78 is 24.8. The Morgan fingerprint density at radius 2 is 1.63 bits per heavy atom. The van der Waals surface area contributed by atoms with Crippen molar-refractivity contribution in [3.05, 3.63) is 41.3 Å². The van der Waals surface area contributed by atoms with Gasteiger partial charge in [-0.3, -0.25) is 14.9 Å². The van der Waals surface area contributed by atoms with Crippen molar-refractivity contribution in [2.75, 3.05) is 13.1 Å². The molecule has 1 N–H and O–H groups in total. The quantitative estimate of drug-likeness (QED) is 0.787. The van der Waals surface area contributed by atoms with Crippen molar-refractivity contribution >= 4 is 27.9 Å². The molecule has 2 amide bonds. The molecular formula is C12H12N2O4S. The van der Waals surface area contributed by atoms with Crippen LogP contribution < -0.4 is 5.32 Å². The molecule has 1 aromatic rings. The van der Waals surface area contributed by atoms with Crippen LogP contribution >= 0.6 is 0 Å². The van der Waals surface area contributed by atoms with Gasteiger partial charge in [0.2, 0.25) is 21.8 Å². The van der Waals surface area contributed by atoms with Gasteiger partial charge in [-0.25, -0.2) is 8.42 Å². The Hall–Kier alpha value is -1.99. The topological polar surface area (TPSA) is 83.6 Å². The van der Waals surface area contributed by atoms with Crippen molar-refractivity contribution < 1.29 is 18.0 Å². The number of imide groups is 1. The SMILES string of the molecule is O=C1CN(S(=O)(=O)C=Cc2ccccc2)CC(=O)N1. The van der Waals surface area contributed by atoms with Crippen molar-refractivity contribution in [3.63, 3.8) is 0 Å². The average molecular weight is 280 g/mol. The highest BCUT2D eigenvalue weighted by molar-refractivity contribution is 7.92. The summed E-state index contributed by atoms with van der Waals surface area (Å²) in [6, 6.07) is 8.88. The van der Waals surface area contributed by atoms with E-state index in [1.54, 1.807) is 24.3 Å². The maximum atomic E-state index is 12.0. The largest absolute Gasteiger partial charge is 0.294 e. The maximum Gasteiger partial charge on any atom is 0.241 e. The van der Waals surface area contributed by atoms with E-state index in [0.29, 0.717) is 0 Å². The molecule has 0 atom stereocenters. The van der Waals surface area contributed by atoms with Crippen LogP contribution in [0.1, 0.15) is 5.56 Å². The highest BCUT2D eigenvalue weighted by atomic mass is 32.2. The fourth-order valence-corrected chi connectivity index (χ4v) is 2.70. The molecule has 0 spiro atoms. The third-order valence-corrected chi connectivity index (χ3v) is 3.97. The number of piperazine rings is 1. The van der Waals surface area contributed by atoms with E-state index in [-0.39, 0.29) is 13.1 Å². The van der Waals surface area contributed by atoms with E-state index in [1.807, 2.05) is 11.4 Å². The first-order chi connectivity index (χ1) is 8.97. The van der Waals surface area contributed by atoms with E-state index in [4.69, 9.17) is 0 Å². The van der Waals surface area contributed by atoms with Crippen LogP contribution in [0, 0.1) is 0 Å². The summed E-state index contributed by atoms with van der Waals surface area (Å²) in [4.78, 5) is 22.3. The van der Waals surface area contributed by atoms with Crippen LogP contribution in [-0.2, 0) is 19.6 Å². The van der Waals surface area contributed by atoms with Crippen LogP contribution in [0.4, 0.5) is 0 Å². The first kappa shape index (κ1) is 13.4. The molecule has 0 aromatic heterocycles. The molecule has 0 saturated carbocycles. The lowest BCUT2D eigenvalue weighted by atomic mass is 10.2. The Morgan fingerprint density at radius 3 is 2.21 bits per heavy atom. The number of hydrogen-bond acceptors (Lipinski definition) is 4. The standard InChI is InChI=1S/C12H12N2O4S/c15-11-8-14(9-12(16)13-11)19(17,18)7-6-10-4-2-1-3-5-10/h1-7H,8-9H2,(H,13,15,16). The molecule has 0 bridgehead atoms. The Kier molecular flexibility index (Phi) is 3.77. The predicted molar refractivity (Wildman–Crippen MR) is 69.1 cm³/mol.